The molecule has 1 aromatic carbocycles. The van der Waals surface area contributed by atoms with Crippen molar-refractivity contribution in [2.75, 3.05) is 0 Å². The summed E-state index contributed by atoms with van der Waals surface area (Å²) < 4.78 is 5.45. The highest BCUT2D eigenvalue weighted by Crippen LogP contribution is 2.17. The summed E-state index contributed by atoms with van der Waals surface area (Å²) in [5.41, 5.74) is 2.80. The summed E-state index contributed by atoms with van der Waals surface area (Å²) in [5.74, 6) is 0.821. The molecule has 2 rings (SSSR count). The largest absolute Gasteiger partial charge is 0.422 e. The van der Waals surface area contributed by atoms with Crippen LogP contribution in [0.25, 0.3) is 0 Å². The third-order valence-corrected chi connectivity index (χ3v) is 5.02. The highest BCUT2D eigenvalue weighted by molar-refractivity contribution is 5.88. The van der Waals surface area contributed by atoms with Crippen LogP contribution < -0.4 is 4.74 Å². The Balaban J connectivity index is 1.83. The lowest BCUT2D eigenvalue weighted by Gasteiger charge is -2.09. The summed E-state index contributed by atoms with van der Waals surface area (Å²) in [7, 11) is 0. The van der Waals surface area contributed by atoms with Gasteiger partial charge in [0.2, 0.25) is 0 Å². The number of hydrogen-bond donors (Lipinski definition) is 0. The molecule has 146 valence electrons. The number of benzene rings is 1. The average molecular weight is 368 g/mol. The number of unbranched alkanes of at least 4 members (excludes halogenated alkanes) is 4. The van der Waals surface area contributed by atoms with Crippen LogP contribution in [0.4, 0.5) is 0 Å². The molecule has 0 N–H and O–H groups in total. The number of hydrogen-bond acceptors (Lipinski definition) is 3. The van der Waals surface area contributed by atoms with Crippen LogP contribution in [0, 0.1) is 5.92 Å². The molecule has 3 heteroatoms. The van der Waals surface area contributed by atoms with Crippen LogP contribution in [-0.4, -0.2) is 11.0 Å². The molecule has 1 unspecified atom stereocenters. The van der Waals surface area contributed by atoms with Crippen molar-refractivity contribution in [1.29, 1.82) is 0 Å². The molecule has 2 aromatic rings. The van der Waals surface area contributed by atoms with E-state index in [9.17, 15) is 4.79 Å². The van der Waals surface area contributed by atoms with Gasteiger partial charge in [0.15, 0.2) is 0 Å². The van der Waals surface area contributed by atoms with E-state index in [4.69, 9.17) is 4.74 Å². The van der Waals surface area contributed by atoms with E-state index in [1.807, 2.05) is 30.3 Å². The highest BCUT2D eigenvalue weighted by Gasteiger charge is 2.10. The number of esters is 1. The van der Waals surface area contributed by atoms with E-state index in [1.165, 1.54) is 43.2 Å². The summed E-state index contributed by atoms with van der Waals surface area (Å²) >= 11 is 0. The van der Waals surface area contributed by atoms with Crippen molar-refractivity contribution in [2.45, 2.75) is 72.1 Å². The summed E-state index contributed by atoms with van der Waals surface area (Å²) in [6.07, 6.45) is 11.3. The minimum absolute atomic E-state index is 0.355. The smallest absolute Gasteiger partial charge is 0.362 e. The molecule has 1 atom stereocenters. The fourth-order valence-electron chi connectivity index (χ4n) is 3.03. The molecule has 1 heterocycles. The Bertz CT molecular complexity index is 677. The number of nitrogens with zero attached hydrogens (tertiary/aromatic N) is 1. The second kappa shape index (κ2) is 11.5. The summed E-state index contributed by atoms with van der Waals surface area (Å²) in [5, 5.41) is 0. The van der Waals surface area contributed by atoms with Crippen molar-refractivity contribution in [3.8, 4) is 5.75 Å². The van der Waals surface area contributed by atoms with E-state index >= 15 is 0 Å². The molecule has 0 spiro atoms. The van der Waals surface area contributed by atoms with Gasteiger partial charge in [-0.1, -0.05) is 71.1 Å². The van der Waals surface area contributed by atoms with Gasteiger partial charge in [0.25, 0.3) is 0 Å². The van der Waals surface area contributed by atoms with E-state index in [1.54, 1.807) is 12.3 Å². The number of rotatable bonds is 11. The Kier molecular flexibility index (Phi) is 9.03. The molecule has 0 aliphatic carbocycles. The Morgan fingerprint density at radius 1 is 0.963 bits per heavy atom. The van der Waals surface area contributed by atoms with Gasteiger partial charge in [-0.05, 0) is 54.5 Å². The number of carbonyl (C=O) groups excluding carboxylic acids is 1. The van der Waals surface area contributed by atoms with Crippen molar-refractivity contribution in [3.63, 3.8) is 0 Å². The van der Waals surface area contributed by atoms with Crippen molar-refractivity contribution < 1.29 is 9.53 Å². The molecule has 0 fully saturated rings. The van der Waals surface area contributed by atoms with Crippen molar-refractivity contribution in [3.05, 3.63) is 59.4 Å². The maximum atomic E-state index is 12.3. The lowest BCUT2D eigenvalue weighted by atomic mass is 9.99. The van der Waals surface area contributed by atoms with Crippen LogP contribution >= 0.6 is 0 Å². The molecule has 0 radical (unpaired) electrons. The van der Waals surface area contributed by atoms with Gasteiger partial charge in [-0.3, -0.25) is 0 Å². The van der Waals surface area contributed by atoms with Gasteiger partial charge >= 0.3 is 5.97 Å². The maximum absolute atomic E-state index is 12.3. The first-order chi connectivity index (χ1) is 13.1. The highest BCUT2D eigenvalue weighted by atomic mass is 16.5. The maximum Gasteiger partial charge on any atom is 0.362 e. The topological polar surface area (TPSA) is 39.2 Å². The zero-order valence-electron chi connectivity index (χ0n) is 17.0. The Labute approximate surface area is 164 Å². The monoisotopic (exact) mass is 367 g/mol. The molecule has 0 bridgehead atoms. The predicted molar refractivity (Wildman–Crippen MR) is 111 cm³/mol. The minimum Gasteiger partial charge on any atom is -0.422 e. The number of ether oxygens (including phenoxy) is 1. The van der Waals surface area contributed by atoms with Gasteiger partial charge in [-0.25, -0.2) is 9.78 Å². The van der Waals surface area contributed by atoms with E-state index < -0.39 is 5.97 Å². The van der Waals surface area contributed by atoms with Gasteiger partial charge in [0.1, 0.15) is 11.4 Å². The zero-order valence-corrected chi connectivity index (χ0v) is 17.0. The first-order valence-corrected chi connectivity index (χ1v) is 10.4. The number of carbonyl (C=O) groups is 1. The minimum atomic E-state index is -0.404. The molecule has 0 saturated carbocycles. The van der Waals surface area contributed by atoms with Gasteiger partial charge in [0, 0.05) is 6.20 Å². The quantitative estimate of drug-likeness (QED) is 0.262. The van der Waals surface area contributed by atoms with Gasteiger partial charge in [0.05, 0.1) is 0 Å². The first-order valence-electron chi connectivity index (χ1n) is 10.4. The van der Waals surface area contributed by atoms with Gasteiger partial charge in [-0.2, -0.15) is 0 Å². The standard InChI is InChI=1S/C24H33NO2/c1-4-6-7-8-9-10-21-13-16-23(25-18-21)24(26)27-22-14-11-20(12-15-22)17-19(3)5-2/h11-16,18-19H,4-10,17H2,1-3H3. The van der Waals surface area contributed by atoms with Crippen LogP contribution in [0.5, 0.6) is 5.75 Å². The zero-order chi connectivity index (χ0) is 19.5. The predicted octanol–water partition coefficient (Wildman–Crippen LogP) is 6.40. The normalized spacial score (nSPS) is 12.0. The lowest BCUT2D eigenvalue weighted by molar-refractivity contribution is 0.0728. The summed E-state index contributed by atoms with van der Waals surface area (Å²) in [6, 6.07) is 11.5. The Morgan fingerprint density at radius 3 is 2.30 bits per heavy atom. The molecule has 0 aliphatic rings. The fourth-order valence-corrected chi connectivity index (χ4v) is 3.03. The van der Waals surface area contributed by atoms with E-state index in [0.717, 1.165) is 19.3 Å². The number of aromatic nitrogens is 1. The van der Waals surface area contributed by atoms with Crippen LogP contribution in [0.2, 0.25) is 0 Å². The summed E-state index contributed by atoms with van der Waals surface area (Å²) in [6.45, 7) is 6.67. The van der Waals surface area contributed by atoms with Crippen LogP contribution in [0.1, 0.15) is 80.9 Å². The molecule has 1 aromatic heterocycles. The van der Waals surface area contributed by atoms with E-state index in [0.29, 0.717) is 17.4 Å². The molecule has 27 heavy (non-hydrogen) atoms. The SMILES string of the molecule is CCCCCCCc1ccc(C(=O)Oc2ccc(CC(C)CC)cc2)nc1. The average Bonchev–Trinajstić information content (AvgIpc) is 2.69. The van der Waals surface area contributed by atoms with Crippen molar-refractivity contribution in [2.24, 2.45) is 5.92 Å². The molecule has 0 aliphatic heterocycles. The van der Waals surface area contributed by atoms with E-state index in [-0.39, 0.29) is 0 Å². The number of pyridine rings is 1. The van der Waals surface area contributed by atoms with Gasteiger partial charge in [-0.15, -0.1) is 0 Å². The number of aryl methyl sites for hydroxylation is 1. The molecule has 0 amide bonds. The molecular weight excluding hydrogens is 334 g/mol. The van der Waals surface area contributed by atoms with E-state index in [2.05, 4.69) is 25.8 Å². The second-order valence-electron chi connectivity index (χ2n) is 7.47. The molecular formula is C24H33NO2. The Morgan fingerprint density at radius 2 is 1.67 bits per heavy atom. The first kappa shape index (κ1) is 21.1. The molecule has 0 saturated heterocycles. The third-order valence-electron chi connectivity index (χ3n) is 5.02. The van der Waals surface area contributed by atoms with Gasteiger partial charge < -0.3 is 4.74 Å². The fraction of sp³-hybridized carbons (Fsp3) is 0.500. The van der Waals surface area contributed by atoms with Crippen molar-refractivity contribution >= 4 is 5.97 Å². The van der Waals surface area contributed by atoms with Crippen molar-refractivity contribution in [1.82, 2.24) is 4.98 Å². The third kappa shape index (κ3) is 7.54. The lowest BCUT2D eigenvalue weighted by Crippen LogP contribution is -2.10. The Hall–Kier alpha value is -2.16. The second-order valence-corrected chi connectivity index (χ2v) is 7.47. The summed E-state index contributed by atoms with van der Waals surface area (Å²) in [4.78, 5) is 16.6. The van der Waals surface area contributed by atoms with Crippen LogP contribution in [0.3, 0.4) is 0 Å². The van der Waals surface area contributed by atoms with Crippen LogP contribution in [-0.2, 0) is 12.8 Å². The molecule has 3 nitrogen and oxygen atoms in total. The van der Waals surface area contributed by atoms with Crippen LogP contribution in [0.15, 0.2) is 42.6 Å².